The SMILES string of the molecule is O=C(c1ccc(F)c(CN2C=NCc3cc(F)ccc32)c1)N1CCN(c2ncccn2)CC1. The number of aromatic nitrogens is 2. The normalized spacial score (nSPS) is 15.5. The second-order valence-corrected chi connectivity index (χ2v) is 7.99. The molecule has 1 aromatic heterocycles. The van der Waals surface area contributed by atoms with Crippen molar-refractivity contribution in [1.82, 2.24) is 14.9 Å². The smallest absolute Gasteiger partial charge is 0.253 e. The molecular formula is C24H22F2N6O. The van der Waals surface area contributed by atoms with Crippen molar-refractivity contribution < 1.29 is 13.6 Å². The van der Waals surface area contributed by atoms with E-state index >= 15 is 0 Å². The Labute approximate surface area is 190 Å². The van der Waals surface area contributed by atoms with Crippen molar-refractivity contribution in [2.75, 3.05) is 36.0 Å². The van der Waals surface area contributed by atoms with Gasteiger partial charge < -0.3 is 14.7 Å². The molecule has 168 valence electrons. The van der Waals surface area contributed by atoms with Crippen molar-refractivity contribution in [3.8, 4) is 0 Å². The Morgan fingerprint density at radius 3 is 2.55 bits per heavy atom. The number of aliphatic imine (C=N–C) groups is 1. The number of rotatable bonds is 4. The predicted molar refractivity (Wildman–Crippen MR) is 121 cm³/mol. The molecule has 1 saturated heterocycles. The topological polar surface area (TPSA) is 64.9 Å². The number of benzene rings is 2. The summed E-state index contributed by atoms with van der Waals surface area (Å²) < 4.78 is 28.2. The molecule has 9 heteroatoms. The first-order valence-electron chi connectivity index (χ1n) is 10.7. The second-order valence-electron chi connectivity index (χ2n) is 7.99. The summed E-state index contributed by atoms with van der Waals surface area (Å²) in [5.74, 6) is -0.222. The van der Waals surface area contributed by atoms with Gasteiger partial charge in [-0.2, -0.15) is 0 Å². The van der Waals surface area contributed by atoms with Crippen LogP contribution in [0.3, 0.4) is 0 Å². The highest BCUT2D eigenvalue weighted by Gasteiger charge is 2.24. The van der Waals surface area contributed by atoms with E-state index in [1.807, 2.05) is 4.90 Å². The third-order valence-electron chi connectivity index (χ3n) is 5.87. The number of anilines is 2. The molecular weight excluding hydrogens is 426 g/mol. The Morgan fingerprint density at radius 1 is 0.970 bits per heavy atom. The molecule has 0 radical (unpaired) electrons. The van der Waals surface area contributed by atoms with Crippen molar-refractivity contribution in [3.63, 3.8) is 0 Å². The van der Waals surface area contributed by atoms with Crippen molar-refractivity contribution in [2.24, 2.45) is 4.99 Å². The molecule has 33 heavy (non-hydrogen) atoms. The van der Waals surface area contributed by atoms with Gasteiger partial charge in [0.05, 0.1) is 19.4 Å². The second kappa shape index (κ2) is 8.93. The van der Waals surface area contributed by atoms with Gasteiger partial charge in [0.1, 0.15) is 11.6 Å². The highest BCUT2D eigenvalue weighted by atomic mass is 19.1. The number of carbonyl (C=O) groups excluding carboxylic acids is 1. The largest absolute Gasteiger partial charge is 0.337 e. The minimum Gasteiger partial charge on any atom is -0.337 e. The van der Waals surface area contributed by atoms with Crippen LogP contribution in [0.5, 0.6) is 0 Å². The molecule has 1 fully saturated rings. The summed E-state index contributed by atoms with van der Waals surface area (Å²) in [4.78, 5) is 31.4. The first-order chi connectivity index (χ1) is 16.1. The van der Waals surface area contributed by atoms with Crippen LogP contribution in [0.4, 0.5) is 20.4 Å². The quantitative estimate of drug-likeness (QED) is 0.613. The minimum absolute atomic E-state index is 0.139. The summed E-state index contributed by atoms with van der Waals surface area (Å²) in [5.41, 5.74) is 2.33. The number of hydrogen-bond acceptors (Lipinski definition) is 6. The molecule has 2 aliphatic heterocycles. The molecule has 0 aliphatic carbocycles. The number of fused-ring (bicyclic) bond motifs is 1. The average molecular weight is 448 g/mol. The molecule has 3 heterocycles. The Morgan fingerprint density at radius 2 is 1.76 bits per heavy atom. The summed E-state index contributed by atoms with van der Waals surface area (Å²) in [6.45, 7) is 2.88. The molecule has 2 aliphatic rings. The molecule has 2 aromatic carbocycles. The highest BCUT2D eigenvalue weighted by molar-refractivity contribution is 5.94. The van der Waals surface area contributed by atoms with E-state index in [0.29, 0.717) is 49.8 Å². The third-order valence-corrected chi connectivity index (χ3v) is 5.87. The molecule has 0 unspecified atom stereocenters. The zero-order valence-corrected chi connectivity index (χ0v) is 17.9. The Kier molecular flexibility index (Phi) is 5.68. The summed E-state index contributed by atoms with van der Waals surface area (Å²) in [6.07, 6.45) is 5.02. The Hall–Kier alpha value is -3.88. The average Bonchev–Trinajstić information content (AvgIpc) is 2.85. The van der Waals surface area contributed by atoms with Crippen LogP contribution >= 0.6 is 0 Å². The Balaban J connectivity index is 1.30. The maximum atomic E-state index is 14.6. The van der Waals surface area contributed by atoms with Gasteiger partial charge >= 0.3 is 0 Å². The van der Waals surface area contributed by atoms with E-state index in [0.717, 1.165) is 11.3 Å². The van der Waals surface area contributed by atoms with Crippen LogP contribution in [0.2, 0.25) is 0 Å². The lowest BCUT2D eigenvalue weighted by molar-refractivity contribution is 0.0746. The van der Waals surface area contributed by atoms with Crippen LogP contribution in [0, 0.1) is 11.6 Å². The third kappa shape index (κ3) is 4.39. The zero-order chi connectivity index (χ0) is 22.8. The van der Waals surface area contributed by atoms with Gasteiger partial charge in [0, 0.05) is 61.0 Å². The fourth-order valence-electron chi connectivity index (χ4n) is 4.15. The van der Waals surface area contributed by atoms with Crippen LogP contribution in [-0.2, 0) is 13.1 Å². The van der Waals surface area contributed by atoms with Crippen LogP contribution in [0.1, 0.15) is 21.5 Å². The first kappa shape index (κ1) is 21.0. The molecule has 0 atom stereocenters. The van der Waals surface area contributed by atoms with Crippen LogP contribution in [0.15, 0.2) is 59.9 Å². The zero-order valence-electron chi connectivity index (χ0n) is 17.9. The summed E-state index contributed by atoms with van der Waals surface area (Å²) in [5, 5.41) is 0. The molecule has 1 amide bonds. The first-order valence-corrected chi connectivity index (χ1v) is 10.7. The van der Waals surface area contributed by atoms with Gasteiger partial charge in [-0.3, -0.25) is 9.79 Å². The molecule has 0 saturated carbocycles. The lowest BCUT2D eigenvalue weighted by atomic mass is 10.1. The molecule has 0 spiro atoms. The maximum Gasteiger partial charge on any atom is 0.253 e. The summed E-state index contributed by atoms with van der Waals surface area (Å²) in [7, 11) is 0. The van der Waals surface area contributed by atoms with Gasteiger partial charge in [0.15, 0.2) is 0 Å². The summed E-state index contributed by atoms with van der Waals surface area (Å²) >= 11 is 0. The molecule has 3 aromatic rings. The minimum atomic E-state index is -0.403. The van der Waals surface area contributed by atoms with Gasteiger partial charge in [0.25, 0.3) is 5.91 Å². The van der Waals surface area contributed by atoms with E-state index in [1.54, 1.807) is 46.7 Å². The number of amides is 1. The van der Waals surface area contributed by atoms with E-state index < -0.39 is 5.82 Å². The van der Waals surface area contributed by atoms with Gasteiger partial charge in [-0.25, -0.2) is 18.7 Å². The lowest BCUT2D eigenvalue weighted by Gasteiger charge is -2.34. The van der Waals surface area contributed by atoms with E-state index in [1.165, 1.54) is 24.3 Å². The number of piperazine rings is 1. The lowest BCUT2D eigenvalue weighted by Crippen LogP contribution is -2.49. The molecule has 0 N–H and O–H groups in total. The van der Waals surface area contributed by atoms with Crippen molar-refractivity contribution in [3.05, 3.63) is 83.2 Å². The number of halogens is 2. The number of hydrogen-bond donors (Lipinski definition) is 0. The van der Waals surface area contributed by atoms with E-state index in [2.05, 4.69) is 15.0 Å². The maximum absolute atomic E-state index is 14.6. The predicted octanol–water partition coefficient (Wildman–Crippen LogP) is 3.27. The summed E-state index contributed by atoms with van der Waals surface area (Å²) in [6, 6.07) is 10.7. The van der Waals surface area contributed by atoms with Crippen LogP contribution < -0.4 is 9.80 Å². The fraction of sp³-hybridized carbons (Fsp3) is 0.250. The molecule has 7 nitrogen and oxygen atoms in total. The van der Waals surface area contributed by atoms with Gasteiger partial charge in [-0.15, -0.1) is 0 Å². The highest BCUT2D eigenvalue weighted by Crippen LogP contribution is 2.27. The van der Waals surface area contributed by atoms with Gasteiger partial charge in [-0.1, -0.05) is 0 Å². The van der Waals surface area contributed by atoms with Crippen molar-refractivity contribution in [2.45, 2.75) is 13.1 Å². The standard InChI is InChI=1S/C24H22F2N6O/c25-20-3-5-22-18(13-20)14-27-16-32(22)15-19-12-17(2-4-21(19)26)23(33)30-8-10-31(11-9-30)24-28-6-1-7-29-24/h1-7,12-13,16H,8-11,14-15H2. The van der Waals surface area contributed by atoms with Crippen LogP contribution in [-0.4, -0.2) is 53.3 Å². The van der Waals surface area contributed by atoms with Crippen molar-refractivity contribution >= 4 is 23.9 Å². The van der Waals surface area contributed by atoms with E-state index in [4.69, 9.17) is 0 Å². The Bertz CT molecular complexity index is 1190. The molecule has 0 bridgehead atoms. The molecule has 5 rings (SSSR count). The number of nitrogens with zero attached hydrogens (tertiary/aromatic N) is 6. The van der Waals surface area contributed by atoms with Gasteiger partial charge in [0.2, 0.25) is 5.95 Å². The number of carbonyl (C=O) groups is 1. The van der Waals surface area contributed by atoms with E-state index in [-0.39, 0.29) is 18.3 Å². The van der Waals surface area contributed by atoms with Gasteiger partial charge in [-0.05, 0) is 42.5 Å². The van der Waals surface area contributed by atoms with E-state index in [9.17, 15) is 13.6 Å². The fourth-order valence-corrected chi connectivity index (χ4v) is 4.15. The monoisotopic (exact) mass is 448 g/mol. The van der Waals surface area contributed by atoms with Crippen LogP contribution in [0.25, 0.3) is 0 Å². The van der Waals surface area contributed by atoms with Crippen molar-refractivity contribution in [1.29, 1.82) is 0 Å².